The molecular weight excluding hydrogens is 306 g/mol. The van der Waals surface area contributed by atoms with Gasteiger partial charge in [-0.1, -0.05) is 6.92 Å². The number of pyridine rings is 1. The second-order valence-electron chi connectivity index (χ2n) is 4.71. The van der Waals surface area contributed by atoms with E-state index in [2.05, 4.69) is 15.0 Å². The van der Waals surface area contributed by atoms with Gasteiger partial charge in [0.25, 0.3) is 0 Å². The first-order chi connectivity index (χ1) is 10.0. The van der Waals surface area contributed by atoms with Gasteiger partial charge < -0.3 is 5.32 Å². The van der Waals surface area contributed by atoms with Crippen molar-refractivity contribution in [2.24, 2.45) is 0 Å². The number of aryl methyl sites for hydroxylation is 1. The number of sulfonamides is 1. The van der Waals surface area contributed by atoms with Gasteiger partial charge >= 0.3 is 0 Å². The van der Waals surface area contributed by atoms with Gasteiger partial charge in [-0.25, -0.2) is 18.1 Å². The fourth-order valence-electron chi connectivity index (χ4n) is 1.75. The Morgan fingerprint density at radius 3 is 2.81 bits per heavy atom. The Morgan fingerprint density at radius 2 is 2.14 bits per heavy atom. The molecule has 5 nitrogen and oxygen atoms in total. The van der Waals surface area contributed by atoms with Crippen molar-refractivity contribution in [1.29, 1.82) is 0 Å². The van der Waals surface area contributed by atoms with Gasteiger partial charge in [0.1, 0.15) is 5.82 Å². The van der Waals surface area contributed by atoms with E-state index in [0.29, 0.717) is 12.4 Å². The summed E-state index contributed by atoms with van der Waals surface area (Å²) in [5.41, 5.74) is 2.10. The molecule has 0 bridgehead atoms. The molecule has 0 aliphatic carbocycles. The Hall–Kier alpha value is -1.44. The quantitative estimate of drug-likeness (QED) is 0.821. The van der Waals surface area contributed by atoms with Crippen LogP contribution in [-0.2, 0) is 16.6 Å². The lowest BCUT2D eigenvalue weighted by atomic mass is 10.2. The van der Waals surface area contributed by atoms with Crippen LogP contribution in [0.4, 0.5) is 5.82 Å². The lowest BCUT2D eigenvalue weighted by Crippen LogP contribution is -2.23. The number of hydrogen-bond donors (Lipinski definition) is 2. The fraction of sp³-hybridized carbons (Fsp3) is 0.357. The molecule has 0 amide bonds. The molecule has 0 saturated heterocycles. The maximum atomic E-state index is 12.3. The zero-order chi connectivity index (χ0) is 15.3. The third-order valence-electron chi connectivity index (χ3n) is 3.01. The lowest BCUT2D eigenvalue weighted by Gasteiger charge is -2.09. The number of nitrogens with zero attached hydrogens (tertiary/aromatic N) is 1. The molecule has 0 spiro atoms. The monoisotopic (exact) mass is 325 g/mol. The standard InChI is InChI=1S/C14H19N3O2S2/c1-3-5-15-14-7-13(4-6-16-14)21(18,19)17-8-12-10-20-9-11(12)2/h4,6-7,9-10,17H,3,5,8H2,1-2H3,(H,15,16). The van der Waals surface area contributed by atoms with Gasteiger partial charge in [-0.3, -0.25) is 0 Å². The first-order valence-electron chi connectivity index (χ1n) is 6.74. The van der Waals surface area contributed by atoms with Crippen LogP contribution in [0.1, 0.15) is 24.5 Å². The number of anilines is 1. The van der Waals surface area contributed by atoms with Crippen LogP contribution in [0.25, 0.3) is 0 Å². The molecule has 21 heavy (non-hydrogen) atoms. The molecule has 2 rings (SSSR count). The van der Waals surface area contributed by atoms with Crippen LogP contribution in [0.3, 0.4) is 0 Å². The number of thiophene rings is 1. The Morgan fingerprint density at radius 1 is 1.33 bits per heavy atom. The van der Waals surface area contributed by atoms with Gasteiger partial charge in [0.15, 0.2) is 0 Å². The van der Waals surface area contributed by atoms with E-state index >= 15 is 0 Å². The van der Waals surface area contributed by atoms with Crippen molar-refractivity contribution in [1.82, 2.24) is 9.71 Å². The Bertz CT molecular complexity index is 696. The second kappa shape index (κ2) is 7.02. The molecule has 0 atom stereocenters. The van der Waals surface area contributed by atoms with E-state index in [1.807, 2.05) is 24.6 Å². The highest BCUT2D eigenvalue weighted by Gasteiger charge is 2.15. The number of aromatic nitrogens is 1. The summed E-state index contributed by atoms with van der Waals surface area (Å²) in [7, 11) is -3.53. The molecule has 0 fully saturated rings. The predicted octanol–water partition coefficient (Wildman–Crippen LogP) is 2.75. The van der Waals surface area contributed by atoms with Crippen molar-refractivity contribution in [3.63, 3.8) is 0 Å². The van der Waals surface area contributed by atoms with Crippen LogP contribution >= 0.6 is 11.3 Å². The van der Waals surface area contributed by atoms with E-state index < -0.39 is 10.0 Å². The van der Waals surface area contributed by atoms with Gasteiger partial charge in [0.05, 0.1) is 4.90 Å². The number of hydrogen-bond acceptors (Lipinski definition) is 5. The van der Waals surface area contributed by atoms with Gasteiger partial charge in [-0.15, -0.1) is 0 Å². The molecule has 0 saturated carbocycles. The maximum Gasteiger partial charge on any atom is 0.241 e. The molecule has 2 N–H and O–H groups in total. The SMILES string of the molecule is CCCNc1cc(S(=O)(=O)NCc2cscc2C)ccn1. The average molecular weight is 325 g/mol. The van der Waals surface area contributed by atoms with E-state index in [1.54, 1.807) is 17.4 Å². The van der Waals surface area contributed by atoms with Gasteiger partial charge in [-0.2, -0.15) is 11.3 Å². The van der Waals surface area contributed by atoms with Crippen LogP contribution in [0.15, 0.2) is 34.0 Å². The Balaban J connectivity index is 2.10. The largest absolute Gasteiger partial charge is 0.370 e. The summed E-state index contributed by atoms with van der Waals surface area (Å²) in [6.45, 7) is 5.08. The van der Waals surface area contributed by atoms with Gasteiger partial charge in [0.2, 0.25) is 10.0 Å². The minimum atomic E-state index is -3.53. The minimum Gasteiger partial charge on any atom is -0.370 e. The summed E-state index contributed by atoms with van der Waals surface area (Å²) >= 11 is 1.57. The number of rotatable bonds is 7. The molecule has 0 radical (unpaired) electrons. The first-order valence-corrected chi connectivity index (χ1v) is 9.17. The fourth-order valence-corrected chi connectivity index (χ4v) is 3.63. The topological polar surface area (TPSA) is 71.1 Å². The van der Waals surface area contributed by atoms with Crippen molar-refractivity contribution < 1.29 is 8.42 Å². The molecular formula is C14H19N3O2S2. The van der Waals surface area contributed by atoms with Crippen molar-refractivity contribution >= 4 is 27.2 Å². The lowest BCUT2D eigenvalue weighted by molar-refractivity contribution is 0.581. The van der Waals surface area contributed by atoms with Crippen LogP contribution < -0.4 is 10.0 Å². The molecule has 114 valence electrons. The van der Waals surface area contributed by atoms with E-state index in [9.17, 15) is 8.42 Å². The molecule has 0 unspecified atom stereocenters. The maximum absolute atomic E-state index is 12.3. The van der Waals surface area contributed by atoms with Crippen LogP contribution in [0.5, 0.6) is 0 Å². The summed E-state index contributed by atoms with van der Waals surface area (Å²) in [5, 5.41) is 7.04. The van der Waals surface area contributed by atoms with E-state index in [-0.39, 0.29) is 4.90 Å². The normalized spacial score (nSPS) is 11.5. The zero-order valence-electron chi connectivity index (χ0n) is 12.1. The number of nitrogens with one attached hydrogen (secondary N) is 2. The van der Waals surface area contributed by atoms with E-state index in [1.165, 1.54) is 12.3 Å². The third kappa shape index (κ3) is 4.26. The molecule has 2 aromatic rings. The smallest absolute Gasteiger partial charge is 0.241 e. The highest BCUT2D eigenvalue weighted by molar-refractivity contribution is 7.89. The van der Waals surface area contributed by atoms with Crippen LogP contribution in [0.2, 0.25) is 0 Å². The second-order valence-corrected chi connectivity index (χ2v) is 7.22. The van der Waals surface area contributed by atoms with Crippen molar-refractivity contribution in [2.75, 3.05) is 11.9 Å². The summed E-state index contributed by atoms with van der Waals surface area (Å²) in [6, 6.07) is 3.05. The molecule has 2 heterocycles. The predicted molar refractivity (Wildman–Crippen MR) is 86.1 cm³/mol. The molecule has 2 aromatic heterocycles. The van der Waals surface area contributed by atoms with Crippen LogP contribution in [-0.4, -0.2) is 19.9 Å². The Labute approximate surface area is 129 Å². The van der Waals surface area contributed by atoms with Crippen LogP contribution in [0, 0.1) is 6.92 Å². The minimum absolute atomic E-state index is 0.226. The molecule has 7 heteroatoms. The third-order valence-corrected chi connectivity index (χ3v) is 5.32. The molecule has 0 aliphatic rings. The van der Waals surface area contributed by atoms with Gasteiger partial charge in [-0.05, 0) is 41.3 Å². The molecule has 0 aromatic carbocycles. The van der Waals surface area contributed by atoms with Crippen molar-refractivity contribution in [3.8, 4) is 0 Å². The molecule has 0 aliphatic heterocycles. The first kappa shape index (κ1) is 15.9. The van der Waals surface area contributed by atoms with E-state index in [4.69, 9.17) is 0 Å². The van der Waals surface area contributed by atoms with Crippen molar-refractivity contribution in [2.45, 2.75) is 31.7 Å². The highest BCUT2D eigenvalue weighted by Crippen LogP contribution is 2.16. The summed E-state index contributed by atoms with van der Waals surface area (Å²) in [6.07, 6.45) is 2.46. The Kier molecular flexibility index (Phi) is 5.33. The summed E-state index contributed by atoms with van der Waals surface area (Å²) < 4.78 is 27.2. The average Bonchev–Trinajstić information content (AvgIpc) is 2.89. The van der Waals surface area contributed by atoms with E-state index in [0.717, 1.165) is 24.1 Å². The van der Waals surface area contributed by atoms with Crippen molar-refractivity contribution in [3.05, 3.63) is 40.2 Å². The summed E-state index contributed by atoms with van der Waals surface area (Å²) in [4.78, 5) is 4.34. The summed E-state index contributed by atoms with van der Waals surface area (Å²) in [5.74, 6) is 0.575. The zero-order valence-corrected chi connectivity index (χ0v) is 13.7. The van der Waals surface area contributed by atoms with Gasteiger partial charge in [0, 0.05) is 25.4 Å². The highest BCUT2D eigenvalue weighted by atomic mass is 32.2.